The van der Waals surface area contributed by atoms with Crippen LogP contribution in [-0.4, -0.2) is 36.5 Å². The summed E-state index contributed by atoms with van der Waals surface area (Å²) in [4.78, 5) is 13.0. The molecule has 2 atom stereocenters. The normalized spacial score (nSPS) is 34.6. The van der Waals surface area contributed by atoms with Crippen LogP contribution >= 0.6 is 0 Å². The van der Waals surface area contributed by atoms with E-state index < -0.39 is 0 Å². The Bertz CT molecular complexity index is 156. The van der Waals surface area contributed by atoms with Crippen molar-refractivity contribution in [3.63, 3.8) is 0 Å². The minimum absolute atomic E-state index is 0.198. The standard InChI is InChI=1S/C6H10N2O.C2H6/c1-8-4-2-5(8)6(9)7-3-4;1-2/h4-5H,2-3H2,1H3,(H,7,9);1-2H3. The molecule has 0 spiro atoms. The smallest absolute Gasteiger partial charge is 0.237 e. The first-order valence-electron chi connectivity index (χ1n) is 4.28. The first kappa shape index (κ1) is 8.53. The van der Waals surface area contributed by atoms with Crippen LogP contribution in [0.4, 0.5) is 0 Å². The second-order valence-electron chi connectivity index (χ2n) is 2.82. The van der Waals surface area contributed by atoms with Crippen molar-refractivity contribution in [3.05, 3.63) is 0 Å². The lowest BCUT2D eigenvalue weighted by atomic mass is 9.89. The van der Waals surface area contributed by atoms with Gasteiger partial charge in [0.2, 0.25) is 5.91 Å². The van der Waals surface area contributed by atoms with Crippen LogP contribution in [0.5, 0.6) is 0 Å². The molecule has 3 aliphatic rings. The van der Waals surface area contributed by atoms with E-state index in [0.717, 1.165) is 13.0 Å². The fraction of sp³-hybridized carbons (Fsp3) is 0.875. The third-order valence-corrected chi connectivity index (χ3v) is 2.38. The molecule has 3 heterocycles. The van der Waals surface area contributed by atoms with Crippen molar-refractivity contribution in [1.82, 2.24) is 10.2 Å². The molecule has 1 amide bonds. The third kappa shape index (κ3) is 1.25. The van der Waals surface area contributed by atoms with Gasteiger partial charge in [0.1, 0.15) is 0 Å². The Labute approximate surface area is 67.8 Å². The number of hydrogen-bond acceptors (Lipinski definition) is 2. The molecule has 0 radical (unpaired) electrons. The zero-order chi connectivity index (χ0) is 8.43. The van der Waals surface area contributed by atoms with Gasteiger partial charge in [-0.25, -0.2) is 0 Å². The summed E-state index contributed by atoms with van der Waals surface area (Å²) >= 11 is 0. The molecule has 3 fully saturated rings. The molecule has 0 aliphatic carbocycles. The molecule has 0 saturated carbocycles. The number of amides is 1. The van der Waals surface area contributed by atoms with E-state index >= 15 is 0 Å². The third-order valence-electron chi connectivity index (χ3n) is 2.38. The second kappa shape index (κ2) is 3.22. The van der Waals surface area contributed by atoms with E-state index in [1.165, 1.54) is 0 Å². The van der Waals surface area contributed by atoms with Crippen LogP contribution in [-0.2, 0) is 4.79 Å². The maximum atomic E-state index is 10.9. The van der Waals surface area contributed by atoms with E-state index in [-0.39, 0.29) is 11.9 Å². The summed E-state index contributed by atoms with van der Waals surface area (Å²) in [6.45, 7) is 4.85. The number of likely N-dealkylation sites (N-methyl/N-ethyl adjacent to an activating group) is 1. The van der Waals surface area contributed by atoms with E-state index in [1.807, 2.05) is 20.9 Å². The number of carbonyl (C=O) groups excluding carboxylic acids is 1. The van der Waals surface area contributed by atoms with Gasteiger partial charge in [0, 0.05) is 12.6 Å². The topological polar surface area (TPSA) is 32.3 Å². The largest absolute Gasteiger partial charge is 0.353 e. The molecular formula is C8H16N2O. The van der Waals surface area contributed by atoms with E-state index in [9.17, 15) is 4.79 Å². The summed E-state index contributed by atoms with van der Waals surface area (Å²) in [5, 5.41) is 2.83. The van der Waals surface area contributed by atoms with Crippen LogP contribution in [0.15, 0.2) is 0 Å². The van der Waals surface area contributed by atoms with Gasteiger partial charge >= 0.3 is 0 Å². The van der Waals surface area contributed by atoms with Gasteiger partial charge in [-0.2, -0.15) is 0 Å². The van der Waals surface area contributed by atoms with Gasteiger partial charge in [0.25, 0.3) is 0 Å². The van der Waals surface area contributed by atoms with Crippen LogP contribution < -0.4 is 5.32 Å². The Morgan fingerprint density at radius 2 is 2.18 bits per heavy atom. The predicted molar refractivity (Wildman–Crippen MR) is 44.3 cm³/mol. The van der Waals surface area contributed by atoms with Crippen LogP contribution in [0.1, 0.15) is 20.3 Å². The van der Waals surface area contributed by atoms with E-state index in [0.29, 0.717) is 6.04 Å². The van der Waals surface area contributed by atoms with Gasteiger partial charge in [-0.1, -0.05) is 13.8 Å². The number of hydrogen-bond donors (Lipinski definition) is 1. The summed E-state index contributed by atoms with van der Waals surface area (Å²) in [5.74, 6) is 0.208. The van der Waals surface area contributed by atoms with Crippen molar-refractivity contribution >= 4 is 5.91 Å². The van der Waals surface area contributed by atoms with E-state index in [1.54, 1.807) is 0 Å². The molecule has 0 aromatic carbocycles. The second-order valence-corrected chi connectivity index (χ2v) is 2.82. The quantitative estimate of drug-likeness (QED) is 0.544. The zero-order valence-corrected chi connectivity index (χ0v) is 7.42. The lowest BCUT2D eigenvalue weighted by molar-refractivity contribution is -0.139. The number of carbonyl (C=O) groups is 1. The van der Waals surface area contributed by atoms with Gasteiger partial charge in [0.15, 0.2) is 0 Å². The van der Waals surface area contributed by atoms with Gasteiger partial charge < -0.3 is 5.32 Å². The highest BCUT2D eigenvalue weighted by molar-refractivity contribution is 5.84. The van der Waals surface area contributed by atoms with Crippen LogP contribution in [0, 0.1) is 0 Å². The number of fused-ring (bicyclic) bond motifs is 2. The minimum atomic E-state index is 0.198. The molecule has 11 heavy (non-hydrogen) atoms. The first-order chi connectivity index (χ1) is 5.29. The summed E-state index contributed by atoms with van der Waals surface area (Å²) in [5.41, 5.74) is 0. The molecule has 2 bridgehead atoms. The Kier molecular flexibility index (Phi) is 2.49. The molecule has 64 valence electrons. The van der Waals surface area contributed by atoms with Gasteiger partial charge in [-0.15, -0.1) is 0 Å². The molecule has 1 N–H and O–H groups in total. The monoisotopic (exact) mass is 156 g/mol. The first-order valence-corrected chi connectivity index (χ1v) is 4.28. The lowest BCUT2D eigenvalue weighted by Crippen LogP contribution is -2.68. The number of piperidine rings is 1. The summed E-state index contributed by atoms with van der Waals surface area (Å²) in [6, 6.07) is 0.830. The SMILES string of the molecule is CC.CN1C2CNC(=O)C1C2. The highest BCUT2D eigenvalue weighted by Crippen LogP contribution is 2.26. The molecule has 0 aromatic rings. The number of piperazine rings is 1. The molecule has 3 saturated heterocycles. The highest BCUT2D eigenvalue weighted by atomic mass is 16.2. The van der Waals surface area contributed by atoms with Gasteiger partial charge in [-0.3, -0.25) is 9.69 Å². The number of nitrogens with zero attached hydrogens (tertiary/aromatic N) is 1. The molecule has 2 unspecified atom stereocenters. The Balaban J connectivity index is 0.000000281. The van der Waals surface area contributed by atoms with E-state index in [4.69, 9.17) is 0 Å². The molecular weight excluding hydrogens is 140 g/mol. The summed E-state index contributed by atoms with van der Waals surface area (Å²) in [7, 11) is 2.01. The molecule has 3 rings (SSSR count). The number of rotatable bonds is 0. The molecule has 3 nitrogen and oxygen atoms in total. The van der Waals surface area contributed by atoms with Crippen molar-refractivity contribution in [2.24, 2.45) is 0 Å². The summed E-state index contributed by atoms with van der Waals surface area (Å²) < 4.78 is 0. The predicted octanol–water partition coefficient (Wildman–Crippen LogP) is 0.215. The Morgan fingerprint density at radius 3 is 2.45 bits per heavy atom. The van der Waals surface area contributed by atoms with Crippen molar-refractivity contribution in [3.8, 4) is 0 Å². The lowest BCUT2D eigenvalue weighted by Gasteiger charge is -2.49. The minimum Gasteiger partial charge on any atom is -0.353 e. The molecule has 3 heteroatoms. The fourth-order valence-corrected chi connectivity index (χ4v) is 1.56. The highest BCUT2D eigenvalue weighted by Gasteiger charge is 2.43. The Hall–Kier alpha value is -0.570. The number of nitrogens with one attached hydrogen (secondary N) is 1. The average Bonchev–Trinajstić information content (AvgIpc) is 2.07. The molecule has 3 aliphatic heterocycles. The zero-order valence-electron chi connectivity index (χ0n) is 7.42. The van der Waals surface area contributed by atoms with E-state index in [2.05, 4.69) is 10.2 Å². The van der Waals surface area contributed by atoms with Crippen molar-refractivity contribution < 1.29 is 4.79 Å². The Morgan fingerprint density at radius 1 is 1.55 bits per heavy atom. The van der Waals surface area contributed by atoms with Crippen LogP contribution in [0.25, 0.3) is 0 Å². The molecule has 0 aromatic heterocycles. The van der Waals surface area contributed by atoms with Gasteiger partial charge in [0.05, 0.1) is 6.04 Å². The average molecular weight is 156 g/mol. The van der Waals surface area contributed by atoms with Crippen molar-refractivity contribution in [1.29, 1.82) is 0 Å². The van der Waals surface area contributed by atoms with Crippen molar-refractivity contribution in [2.45, 2.75) is 32.4 Å². The summed E-state index contributed by atoms with van der Waals surface area (Å²) in [6.07, 6.45) is 1.07. The maximum Gasteiger partial charge on any atom is 0.237 e. The maximum absolute atomic E-state index is 10.9. The van der Waals surface area contributed by atoms with Crippen LogP contribution in [0.3, 0.4) is 0 Å². The fourth-order valence-electron chi connectivity index (χ4n) is 1.56. The van der Waals surface area contributed by atoms with Crippen LogP contribution in [0.2, 0.25) is 0 Å². The van der Waals surface area contributed by atoms with Crippen molar-refractivity contribution in [2.75, 3.05) is 13.6 Å². The van der Waals surface area contributed by atoms with Gasteiger partial charge in [-0.05, 0) is 13.5 Å².